The number of hydrogen-bond acceptors (Lipinski definition) is 2. The van der Waals surface area contributed by atoms with Gasteiger partial charge in [-0.25, -0.2) is 0 Å². The van der Waals surface area contributed by atoms with Gasteiger partial charge in [-0.2, -0.15) is 0 Å². The molecule has 5 rings (SSSR count). The fourth-order valence-corrected chi connectivity index (χ4v) is 5.29. The summed E-state index contributed by atoms with van der Waals surface area (Å²) in [5, 5.41) is 4.79. The van der Waals surface area contributed by atoms with E-state index in [0.717, 1.165) is 27.9 Å². The minimum atomic E-state index is 0.0191. The van der Waals surface area contributed by atoms with Crippen LogP contribution in [0.25, 0.3) is 32.8 Å². The van der Waals surface area contributed by atoms with Gasteiger partial charge >= 0.3 is 0 Å². The predicted octanol–water partition coefficient (Wildman–Crippen LogP) is 9.92. The molecule has 2 nitrogen and oxygen atoms in total. The summed E-state index contributed by atoms with van der Waals surface area (Å²) in [6.45, 7) is 15.8. The topological polar surface area (TPSA) is 38.9 Å². The highest BCUT2D eigenvalue weighted by atomic mass is 14.7. The summed E-state index contributed by atoms with van der Waals surface area (Å²) in [6, 6.07) is 30.5. The van der Waals surface area contributed by atoms with E-state index in [1.807, 2.05) is 6.20 Å². The first-order valence-corrected chi connectivity index (χ1v) is 14.6. The fourth-order valence-electron chi connectivity index (χ4n) is 5.29. The molecule has 0 bridgehead atoms. The highest BCUT2D eigenvalue weighted by molar-refractivity contribution is 5.90. The molecule has 0 spiro atoms. The minimum Gasteiger partial charge on any atom is -0.398 e. The quantitative estimate of drug-likeness (QED) is 0.226. The van der Waals surface area contributed by atoms with Gasteiger partial charge < -0.3 is 5.73 Å². The fraction of sp³-hybridized carbons (Fsp3) is 0.256. The van der Waals surface area contributed by atoms with E-state index in [0.29, 0.717) is 6.42 Å². The van der Waals surface area contributed by atoms with E-state index in [9.17, 15) is 0 Å². The van der Waals surface area contributed by atoms with E-state index in [-0.39, 0.29) is 10.8 Å². The Labute approximate surface area is 245 Å². The molecule has 0 aliphatic carbocycles. The van der Waals surface area contributed by atoms with Gasteiger partial charge in [-0.05, 0) is 79.9 Å². The third kappa shape index (κ3) is 6.43. The van der Waals surface area contributed by atoms with Gasteiger partial charge in [0.05, 0.1) is 0 Å². The van der Waals surface area contributed by atoms with Crippen LogP contribution in [0.2, 0.25) is 0 Å². The van der Waals surface area contributed by atoms with Crippen LogP contribution in [0.4, 0.5) is 0 Å². The first-order chi connectivity index (χ1) is 19.4. The van der Waals surface area contributed by atoms with Crippen molar-refractivity contribution in [3.63, 3.8) is 0 Å². The molecule has 2 N–H and O–H groups in total. The number of rotatable bonds is 5. The zero-order chi connectivity index (χ0) is 29.4. The molecule has 0 aliphatic heterocycles. The maximum atomic E-state index is 6.92. The van der Waals surface area contributed by atoms with Crippen LogP contribution < -0.4 is 5.73 Å². The molecule has 0 saturated heterocycles. The lowest BCUT2D eigenvalue weighted by Crippen LogP contribution is -2.17. The number of nitrogens with zero attached hydrogens (tertiary/aromatic N) is 1. The third-order valence-corrected chi connectivity index (χ3v) is 7.93. The monoisotopic (exact) mass is 538 g/mol. The molecule has 41 heavy (non-hydrogen) atoms. The van der Waals surface area contributed by atoms with Crippen LogP contribution in [0, 0.1) is 6.92 Å². The maximum Gasteiger partial charge on any atom is 0.0447 e. The van der Waals surface area contributed by atoms with Crippen LogP contribution >= 0.6 is 0 Å². The second-order valence-electron chi connectivity index (χ2n) is 13.3. The highest BCUT2D eigenvalue weighted by Gasteiger charge is 2.21. The second-order valence-corrected chi connectivity index (χ2v) is 13.3. The molecule has 1 heterocycles. The molecule has 0 fully saturated rings. The average molecular weight is 539 g/mol. The van der Waals surface area contributed by atoms with Crippen molar-refractivity contribution in [1.82, 2.24) is 4.98 Å². The number of fused-ring (bicyclic) bond motifs is 2. The first kappa shape index (κ1) is 28.4. The van der Waals surface area contributed by atoms with Gasteiger partial charge in [-0.3, -0.25) is 4.98 Å². The van der Waals surface area contributed by atoms with Crippen molar-refractivity contribution in [3.05, 3.63) is 137 Å². The number of benzene rings is 4. The third-order valence-electron chi connectivity index (χ3n) is 7.93. The Morgan fingerprint density at radius 1 is 0.707 bits per heavy atom. The van der Waals surface area contributed by atoms with E-state index in [4.69, 9.17) is 10.7 Å². The van der Waals surface area contributed by atoms with E-state index < -0.39 is 0 Å². The number of aryl methyl sites for hydroxylation is 1. The van der Waals surface area contributed by atoms with Gasteiger partial charge in [-0.15, -0.1) is 0 Å². The average Bonchev–Trinajstić information content (AvgIpc) is 2.93. The predicted molar refractivity (Wildman–Crippen MR) is 178 cm³/mol. The van der Waals surface area contributed by atoms with Crippen molar-refractivity contribution in [2.45, 2.75) is 65.7 Å². The van der Waals surface area contributed by atoms with Crippen molar-refractivity contribution in [3.8, 4) is 0 Å². The molecule has 208 valence electrons. The molecule has 5 aromatic rings. The van der Waals surface area contributed by atoms with Crippen LogP contribution in [-0.4, -0.2) is 4.98 Å². The molecule has 4 aromatic carbocycles. The Hall–Kier alpha value is -4.17. The lowest BCUT2D eigenvalue weighted by molar-refractivity contribution is 0.568. The van der Waals surface area contributed by atoms with Crippen molar-refractivity contribution in [2.24, 2.45) is 5.73 Å². The van der Waals surface area contributed by atoms with Crippen LogP contribution in [-0.2, 0) is 17.3 Å². The van der Waals surface area contributed by atoms with E-state index in [2.05, 4.69) is 146 Å². The number of allylic oxidation sites excluding steroid dienone is 3. The second kappa shape index (κ2) is 11.0. The zero-order valence-corrected chi connectivity index (χ0v) is 25.5. The molecular weight excluding hydrogens is 496 g/mol. The van der Waals surface area contributed by atoms with Gasteiger partial charge in [0.1, 0.15) is 0 Å². The Morgan fingerprint density at radius 3 is 1.83 bits per heavy atom. The van der Waals surface area contributed by atoms with Gasteiger partial charge in [0.15, 0.2) is 0 Å². The van der Waals surface area contributed by atoms with E-state index >= 15 is 0 Å². The molecule has 0 radical (unpaired) electrons. The van der Waals surface area contributed by atoms with Gasteiger partial charge in [0, 0.05) is 35.0 Å². The summed E-state index contributed by atoms with van der Waals surface area (Å²) in [6.07, 6.45) is 7.13. The van der Waals surface area contributed by atoms with E-state index in [1.165, 1.54) is 38.4 Å². The lowest BCUT2D eigenvalue weighted by atomic mass is 9.78. The van der Waals surface area contributed by atoms with Crippen molar-refractivity contribution < 1.29 is 0 Å². The Kier molecular flexibility index (Phi) is 7.62. The van der Waals surface area contributed by atoms with Crippen molar-refractivity contribution >= 4 is 32.8 Å². The highest BCUT2D eigenvalue weighted by Crippen LogP contribution is 2.34. The van der Waals surface area contributed by atoms with Crippen molar-refractivity contribution in [1.29, 1.82) is 0 Å². The smallest absolute Gasteiger partial charge is 0.0447 e. The summed E-state index contributed by atoms with van der Waals surface area (Å²) in [5.41, 5.74) is 16.0. The molecule has 0 aliphatic rings. The summed E-state index contributed by atoms with van der Waals surface area (Å²) in [7, 11) is 0. The summed E-state index contributed by atoms with van der Waals surface area (Å²) in [4.78, 5) is 4.78. The van der Waals surface area contributed by atoms with Crippen LogP contribution in [0.1, 0.15) is 75.1 Å². The number of nitrogens with two attached hydrogens (primary N) is 1. The van der Waals surface area contributed by atoms with E-state index in [1.54, 1.807) is 0 Å². The Balaban J connectivity index is 1.66. The Morgan fingerprint density at radius 2 is 1.24 bits per heavy atom. The molecule has 2 heteroatoms. The maximum absolute atomic E-state index is 6.92. The molecule has 0 saturated carbocycles. The molecule has 1 aromatic heterocycles. The largest absolute Gasteiger partial charge is 0.398 e. The first-order valence-electron chi connectivity index (χ1n) is 14.6. The summed E-state index contributed by atoms with van der Waals surface area (Å²) >= 11 is 0. The van der Waals surface area contributed by atoms with Gasteiger partial charge in [-0.1, -0.05) is 120 Å². The Bertz CT molecular complexity index is 1760. The SMILES string of the molecule is Cc1cc2ccccc2cc1/C(N)=C/C(=C\Cc1cc2ccccc2cn1)c1cc(C(C)(C)C)cc(C(C)(C)C)c1. The number of pyridine rings is 1. The normalized spacial score (nSPS) is 13.2. The van der Waals surface area contributed by atoms with Crippen molar-refractivity contribution in [2.75, 3.05) is 0 Å². The molecule has 0 atom stereocenters. The van der Waals surface area contributed by atoms with Gasteiger partial charge in [0.25, 0.3) is 0 Å². The minimum absolute atomic E-state index is 0.0191. The summed E-state index contributed by atoms with van der Waals surface area (Å²) < 4.78 is 0. The standard InChI is InChI=1S/C39H42N2/c1-26-18-27-12-8-9-14-29(27)22-36(26)37(40)23-30(16-17-35-21-28-13-10-11-15-31(28)25-41-35)32-19-33(38(2,3)4)24-34(20-32)39(5,6)7/h8-16,18-25H,17,40H2,1-7H3/b30-16+,37-23-. The molecule has 0 unspecified atom stereocenters. The van der Waals surface area contributed by atoms with Crippen LogP contribution in [0.15, 0.2) is 103 Å². The lowest BCUT2D eigenvalue weighted by Gasteiger charge is -2.26. The number of aromatic nitrogens is 1. The number of hydrogen-bond donors (Lipinski definition) is 1. The van der Waals surface area contributed by atoms with Crippen LogP contribution in [0.3, 0.4) is 0 Å². The van der Waals surface area contributed by atoms with Crippen LogP contribution in [0.5, 0.6) is 0 Å². The summed E-state index contributed by atoms with van der Waals surface area (Å²) in [5.74, 6) is 0. The molecular formula is C39H42N2. The molecule has 0 amide bonds. The zero-order valence-electron chi connectivity index (χ0n) is 25.5. The van der Waals surface area contributed by atoms with Gasteiger partial charge in [0.2, 0.25) is 0 Å².